The Morgan fingerprint density at radius 3 is 2.88 bits per heavy atom. The van der Waals surface area contributed by atoms with Gasteiger partial charge in [0.1, 0.15) is 0 Å². The molecule has 1 aromatic heterocycles. The minimum atomic E-state index is 0.207. The maximum Gasteiger partial charge on any atom is 0.264 e. The van der Waals surface area contributed by atoms with Gasteiger partial charge in [0, 0.05) is 12.6 Å². The molecular weight excluding hydrogens is 298 g/mol. The van der Waals surface area contributed by atoms with E-state index < -0.39 is 0 Å². The zero-order valence-electron chi connectivity index (χ0n) is 10.3. The van der Waals surface area contributed by atoms with Crippen molar-refractivity contribution in [2.75, 3.05) is 6.54 Å². The second-order valence-corrected chi connectivity index (χ2v) is 7.13. The van der Waals surface area contributed by atoms with E-state index in [0.717, 1.165) is 33.6 Å². The summed E-state index contributed by atoms with van der Waals surface area (Å²) >= 11 is 5.04. The second kappa shape index (κ2) is 5.53. The number of carbonyl (C=O) groups excluding carboxylic acids is 1. The molecule has 94 valence electrons. The molecule has 1 aliphatic heterocycles. The summed E-state index contributed by atoms with van der Waals surface area (Å²) < 4.78 is 1.07. The standard InChI is InChI=1S/C13H18BrNOS/c1-9-8-11(17-12(9)14)13(16)15-7-5-3-4-6-10(15)2/h8,10H,3-7H2,1-2H3. The van der Waals surface area contributed by atoms with E-state index in [-0.39, 0.29) is 5.91 Å². The quantitative estimate of drug-likeness (QED) is 0.759. The lowest BCUT2D eigenvalue weighted by Gasteiger charge is -2.26. The molecule has 0 radical (unpaired) electrons. The number of likely N-dealkylation sites (tertiary alicyclic amines) is 1. The Labute approximate surface area is 115 Å². The minimum Gasteiger partial charge on any atom is -0.335 e. The highest BCUT2D eigenvalue weighted by Gasteiger charge is 2.24. The molecule has 0 spiro atoms. The molecule has 17 heavy (non-hydrogen) atoms. The van der Waals surface area contributed by atoms with Crippen molar-refractivity contribution in [2.24, 2.45) is 0 Å². The van der Waals surface area contributed by atoms with Crippen molar-refractivity contribution in [3.63, 3.8) is 0 Å². The molecule has 1 atom stereocenters. The first-order chi connectivity index (χ1) is 8.09. The maximum atomic E-state index is 12.4. The molecule has 2 rings (SSSR count). The van der Waals surface area contributed by atoms with Crippen LogP contribution in [0.2, 0.25) is 0 Å². The molecule has 1 saturated heterocycles. The van der Waals surface area contributed by atoms with Crippen LogP contribution in [-0.4, -0.2) is 23.4 Å². The third-order valence-electron chi connectivity index (χ3n) is 3.38. The molecule has 1 unspecified atom stereocenters. The van der Waals surface area contributed by atoms with Gasteiger partial charge in [0.25, 0.3) is 5.91 Å². The lowest BCUT2D eigenvalue weighted by atomic mass is 10.1. The van der Waals surface area contributed by atoms with Crippen LogP contribution in [0.15, 0.2) is 9.85 Å². The fourth-order valence-electron chi connectivity index (χ4n) is 2.28. The number of halogens is 1. The van der Waals surface area contributed by atoms with Gasteiger partial charge >= 0.3 is 0 Å². The Morgan fingerprint density at radius 2 is 2.24 bits per heavy atom. The van der Waals surface area contributed by atoms with Gasteiger partial charge in [0.2, 0.25) is 0 Å². The zero-order valence-corrected chi connectivity index (χ0v) is 12.7. The third kappa shape index (κ3) is 2.91. The molecule has 2 nitrogen and oxygen atoms in total. The highest BCUT2D eigenvalue weighted by Crippen LogP contribution is 2.29. The Bertz CT molecular complexity index is 396. The average Bonchev–Trinajstić information content (AvgIpc) is 2.51. The second-order valence-electron chi connectivity index (χ2n) is 4.76. The van der Waals surface area contributed by atoms with Gasteiger partial charge in [-0.1, -0.05) is 12.8 Å². The molecule has 0 aliphatic carbocycles. The van der Waals surface area contributed by atoms with Crippen LogP contribution in [-0.2, 0) is 0 Å². The lowest BCUT2D eigenvalue weighted by Crippen LogP contribution is -2.37. The van der Waals surface area contributed by atoms with Gasteiger partial charge < -0.3 is 4.90 Å². The number of amides is 1. The van der Waals surface area contributed by atoms with Crippen molar-refractivity contribution in [2.45, 2.75) is 45.6 Å². The van der Waals surface area contributed by atoms with E-state index in [0.29, 0.717) is 6.04 Å². The summed E-state index contributed by atoms with van der Waals surface area (Å²) in [6.45, 7) is 5.11. The van der Waals surface area contributed by atoms with Gasteiger partial charge in [-0.25, -0.2) is 0 Å². The molecule has 2 heterocycles. The predicted octanol–water partition coefficient (Wildman–Crippen LogP) is 4.22. The summed E-state index contributed by atoms with van der Waals surface area (Å²) in [6, 6.07) is 2.38. The van der Waals surface area contributed by atoms with Gasteiger partial charge in [0.15, 0.2) is 0 Å². The maximum absolute atomic E-state index is 12.4. The predicted molar refractivity (Wildman–Crippen MR) is 75.7 cm³/mol. The molecular formula is C13H18BrNOS. The molecule has 0 bridgehead atoms. The fourth-order valence-corrected chi connectivity index (χ4v) is 3.77. The van der Waals surface area contributed by atoms with Gasteiger partial charge in [-0.05, 0) is 54.2 Å². The summed E-state index contributed by atoms with van der Waals surface area (Å²) in [6.07, 6.45) is 4.78. The van der Waals surface area contributed by atoms with Gasteiger partial charge in [-0.15, -0.1) is 11.3 Å². The van der Waals surface area contributed by atoms with E-state index >= 15 is 0 Å². The summed E-state index contributed by atoms with van der Waals surface area (Å²) in [4.78, 5) is 15.4. The van der Waals surface area contributed by atoms with Crippen molar-refractivity contribution in [3.8, 4) is 0 Å². The van der Waals surface area contributed by atoms with Crippen LogP contribution >= 0.6 is 27.3 Å². The van der Waals surface area contributed by atoms with Crippen LogP contribution in [0.1, 0.15) is 47.8 Å². The number of hydrogen-bond donors (Lipinski definition) is 0. The largest absolute Gasteiger partial charge is 0.335 e. The topological polar surface area (TPSA) is 20.3 Å². The van der Waals surface area contributed by atoms with Crippen molar-refractivity contribution in [1.82, 2.24) is 4.90 Å². The Balaban J connectivity index is 2.17. The van der Waals surface area contributed by atoms with Crippen LogP contribution in [0.4, 0.5) is 0 Å². The van der Waals surface area contributed by atoms with Crippen LogP contribution < -0.4 is 0 Å². The summed E-state index contributed by atoms with van der Waals surface area (Å²) in [7, 11) is 0. The number of rotatable bonds is 1. The summed E-state index contributed by atoms with van der Waals surface area (Å²) in [5.41, 5.74) is 1.15. The summed E-state index contributed by atoms with van der Waals surface area (Å²) in [5, 5.41) is 0. The van der Waals surface area contributed by atoms with Crippen LogP contribution in [0.25, 0.3) is 0 Å². The van der Waals surface area contributed by atoms with Gasteiger partial charge in [-0.2, -0.15) is 0 Å². The Morgan fingerprint density at radius 1 is 1.47 bits per heavy atom. The molecule has 1 amide bonds. The van der Waals surface area contributed by atoms with Gasteiger partial charge in [0.05, 0.1) is 8.66 Å². The smallest absolute Gasteiger partial charge is 0.264 e. The normalized spacial score (nSPS) is 21.4. The molecule has 1 fully saturated rings. The number of thiophene rings is 1. The summed E-state index contributed by atoms with van der Waals surface area (Å²) in [5.74, 6) is 0.207. The fraction of sp³-hybridized carbons (Fsp3) is 0.615. The van der Waals surface area contributed by atoms with E-state index in [1.54, 1.807) is 11.3 Å². The van der Waals surface area contributed by atoms with E-state index in [9.17, 15) is 4.79 Å². The lowest BCUT2D eigenvalue weighted by molar-refractivity contribution is 0.0703. The molecule has 0 aromatic carbocycles. The number of carbonyl (C=O) groups is 1. The van der Waals surface area contributed by atoms with Crippen molar-refractivity contribution < 1.29 is 4.79 Å². The van der Waals surface area contributed by atoms with Crippen molar-refractivity contribution in [1.29, 1.82) is 0 Å². The minimum absolute atomic E-state index is 0.207. The van der Waals surface area contributed by atoms with Crippen LogP contribution in [0, 0.1) is 6.92 Å². The molecule has 0 N–H and O–H groups in total. The first kappa shape index (κ1) is 13.1. The van der Waals surface area contributed by atoms with Gasteiger partial charge in [-0.3, -0.25) is 4.79 Å². The van der Waals surface area contributed by atoms with Crippen LogP contribution in [0.5, 0.6) is 0 Å². The average molecular weight is 316 g/mol. The SMILES string of the molecule is Cc1cc(C(=O)N2CCCCCC2C)sc1Br. The highest BCUT2D eigenvalue weighted by molar-refractivity contribution is 9.11. The Hall–Kier alpha value is -0.350. The first-order valence-corrected chi connectivity index (χ1v) is 7.77. The van der Waals surface area contributed by atoms with E-state index in [2.05, 4.69) is 22.9 Å². The zero-order chi connectivity index (χ0) is 12.4. The van der Waals surface area contributed by atoms with E-state index in [1.165, 1.54) is 12.8 Å². The molecule has 0 saturated carbocycles. The van der Waals surface area contributed by atoms with Crippen molar-refractivity contribution >= 4 is 33.2 Å². The molecule has 1 aromatic rings. The van der Waals surface area contributed by atoms with E-state index in [4.69, 9.17) is 0 Å². The van der Waals surface area contributed by atoms with Crippen molar-refractivity contribution in [3.05, 3.63) is 20.3 Å². The Kier molecular flexibility index (Phi) is 4.26. The van der Waals surface area contributed by atoms with E-state index in [1.807, 2.05) is 17.9 Å². The number of hydrogen-bond acceptors (Lipinski definition) is 2. The van der Waals surface area contributed by atoms with Crippen LogP contribution in [0.3, 0.4) is 0 Å². The first-order valence-electron chi connectivity index (χ1n) is 6.16. The monoisotopic (exact) mass is 315 g/mol. The molecule has 1 aliphatic rings. The highest BCUT2D eigenvalue weighted by atomic mass is 79.9. The number of aryl methyl sites for hydroxylation is 1. The number of nitrogens with zero attached hydrogens (tertiary/aromatic N) is 1. The third-order valence-corrected chi connectivity index (χ3v) is 5.51. The molecule has 4 heteroatoms.